The van der Waals surface area contributed by atoms with Gasteiger partial charge in [-0.25, -0.2) is 0 Å². The van der Waals surface area contributed by atoms with Crippen LogP contribution in [0.4, 0.5) is 5.88 Å². The summed E-state index contributed by atoms with van der Waals surface area (Å²) in [6, 6.07) is 10.6. The van der Waals surface area contributed by atoms with Gasteiger partial charge in [-0.15, -0.1) is 0 Å². The van der Waals surface area contributed by atoms with Crippen molar-refractivity contribution in [2.75, 3.05) is 13.1 Å². The third-order valence-corrected chi connectivity index (χ3v) is 3.68. The summed E-state index contributed by atoms with van der Waals surface area (Å²) in [6.07, 6.45) is 0.963. The molecule has 1 atom stereocenters. The molecule has 2 aromatic rings. The lowest BCUT2D eigenvalue weighted by atomic mass is 9.94. The predicted molar refractivity (Wildman–Crippen MR) is 78.6 cm³/mol. The lowest BCUT2D eigenvalue weighted by Crippen LogP contribution is -2.38. The van der Waals surface area contributed by atoms with Crippen molar-refractivity contribution in [3.63, 3.8) is 0 Å². The smallest absolute Gasteiger partial charge is 0.395 e. The molecule has 1 unspecified atom stereocenters. The first-order valence-electron chi connectivity index (χ1n) is 6.99. The SMILES string of the molecule is O=C(NCC1NCCc2ccccc21)c1ccc([N+](=O)[O-])o1. The molecule has 0 bridgehead atoms. The number of hydrogen-bond donors (Lipinski definition) is 2. The molecule has 2 N–H and O–H groups in total. The van der Waals surface area contributed by atoms with Gasteiger partial charge < -0.3 is 15.1 Å². The molecular weight excluding hydrogens is 286 g/mol. The van der Waals surface area contributed by atoms with Crippen LogP contribution >= 0.6 is 0 Å². The van der Waals surface area contributed by atoms with E-state index in [2.05, 4.69) is 16.7 Å². The van der Waals surface area contributed by atoms with Crippen molar-refractivity contribution in [3.05, 3.63) is 63.4 Å². The molecule has 1 aliphatic rings. The second kappa shape index (κ2) is 5.98. The Balaban J connectivity index is 1.65. The number of benzene rings is 1. The molecule has 0 radical (unpaired) electrons. The molecule has 114 valence electrons. The summed E-state index contributed by atoms with van der Waals surface area (Å²) in [5.41, 5.74) is 2.44. The minimum absolute atomic E-state index is 0.0267. The highest BCUT2D eigenvalue weighted by atomic mass is 16.6. The number of furan rings is 1. The van der Waals surface area contributed by atoms with E-state index >= 15 is 0 Å². The highest BCUT2D eigenvalue weighted by Gasteiger charge is 2.21. The Hall–Kier alpha value is -2.67. The average Bonchev–Trinajstić information content (AvgIpc) is 3.03. The van der Waals surface area contributed by atoms with Crippen LogP contribution in [-0.4, -0.2) is 23.9 Å². The van der Waals surface area contributed by atoms with Crippen molar-refractivity contribution in [1.29, 1.82) is 0 Å². The number of carbonyl (C=O) groups is 1. The number of amides is 1. The molecule has 3 rings (SSSR count). The summed E-state index contributed by atoms with van der Waals surface area (Å²) in [5.74, 6) is -0.958. The summed E-state index contributed by atoms with van der Waals surface area (Å²) in [4.78, 5) is 21.9. The summed E-state index contributed by atoms with van der Waals surface area (Å²) in [7, 11) is 0. The van der Waals surface area contributed by atoms with Gasteiger partial charge in [0.1, 0.15) is 4.92 Å². The van der Waals surface area contributed by atoms with E-state index in [-0.39, 0.29) is 11.8 Å². The molecule has 2 heterocycles. The number of nitrogens with one attached hydrogen (secondary N) is 2. The number of nitrogens with zero attached hydrogens (tertiary/aromatic N) is 1. The van der Waals surface area contributed by atoms with Crippen molar-refractivity contribution in [2.24, 2.45) is 0 Å². The molecule has 1 aliphatic heterocycles. The van der Waals surface area contributed by atoms with Gasteiger partial charge in [0.25, 0.3) is 5.91 Å². The zero-order valence-electron chi connectivity index (χ0n) is 11.7. The molecule has 0 saturated carbocycles. The third-order valence-electron chi connectivity index (χ3n) is 3.68. The maximum atomic E-state index is 12.0. The molecule has 1 aromatic carbocycles. The van der Waals surface area contributed by atoms with Crippen LogP contribution in [0.2, 0.25) is 0 Å². The molecule has 7 nitrogen and oxygen atoms in total. The number of nitro groups is 1. The fourth-order valence-electron chi connectivity index (χ4n) is 2.60. The Morgan fingerprint density at radius 3 is 2.95 bits per heavy atom. The van der Waals surface area contributed by atoms with Crippen molar-refractivity contribution in [3.8, 4) is 0 Å². The maximum Gasteiger partial charge on any atom is 0.433 e. The summed E-state index contributed by atoms with van der Waals surface area (Å²) >= 11 is 0. The number of fused-ring (bicyclic) bond motifs is 1. The lowest BCUT2D eigenvalue weighted by Gasteiger charge is -2.26. The van der Waals surface area contributed by atoms with Crippen molar-refractivity contribution < 1.29 is 14.1 Å². The van der Waals surface area contributed by atoms with Gasteiger partial charge in [0.2, 0.25) is 0 Å². The van der Waals surface area contributed by atoms with Gasteiger partial charge in [0.05, 0.1) is 6.07 Å². The Morgan fingerprint density at radius 1 is 1.36 bits per heavy atom. The normalized spacial score (nSPS) is 16.8. The minimum atomic E-state index is -0.671. The summed E-state index contributed by atoms with van der Waals surface area (Å²) in [5, 5.41) is 16.6. The first kappa shape index (κ1) is 14.3. The van der Waals surface area contributed by atoms with Crippen molar-refractivity contribution >= 4 is 11.8 Å². The third kappa shape index (κ3) is 2.84. The zero-order chi connectivity index (χ0) is 15.5. The molecule has 1 aromatic heterocycles. The zero-order valence-corrected chi connectivity index (χ0v) is 11.7. The average molecular weight is 301 g/mol. The van der Waals surface area contributed by atoms with Crippen LogP contribution in [0.3, 0.4) is 0 Å². The Morgan fingerprint density at radius 2 is 2.18 bits per heavy atom. The first-order chi connectivity index (χ1) is 10.6. The van der Waals surface area contributed by atoms with E-state index in [1.165, 1.54) is 23.3 Å². The van der Waals surface area contributed by atoms with E-state index in [4.69, 9.17) is 4.42 Å². The number of carbonyl (C=O) groups excluding carboxylic acids is 1. The van der Waals surface area contributed by atoms with Gasteiger partial charge in [-0.3, -0.25) is 14.9 Å². The number of rotatable bonds is 4. The van der Waals surface area contributed by atoms with E-state index in [1.807, 2.05) is 18.2 Å². The van der Waals surface area contributed by atoms with Gasteiger partial charge in [-0.05, 0) is 30.2 Å². The molecule has 0 saturated heterocycles. The largest absolute Gasteiger partial charge is 0.433 e. The quantitative estimate of drug-likeness (QED) is 0.663. The van der Waals surface area contributed by atoms with E-state index in [0.29, 0.717) is 6.54 Å². The first-order valence-corrected chi connectivity index (χ1v) is 6.99. The molecule has 7 heteroatoms. The van der Waals surface area contributed by atoms with E-state index in [1.54, 1.807) is 0 Å². The van der Waals surface area contributed by atoms with Gasteiger partial charge in [0, 0.05) is 12.6 Å². The van der Waals surface area contributed by atoms with Crippen molar-refractivity contribution in [2.45, 2.75) is 12.5 Å². The molecular formula is C15H15N3O4. The van der Waals surface area contributed by atoms with Gasteiger partial charge in [-0.2, -0.15) is 0 Å². The van der Waals surface area contributed by atoms with Crippen LogP contribution in [0.1, 0.15) is 27.7 Å². The Bertz CT molecular complexity index is 710. The molecule has 0 fully saturated rings. The summed E-state index contributed by atoms with van der Waals surface area (Å²) < 4.78 is 4.88. The minimum Gasteiger partial charge on any atom is -0.395 e. The van der Waals surface area contributed by atoms with Crippen LogP contribution < -0.4 is 10.6 Å². The number of hydrogen-bond acceptors (Lipinski definition) is 5. The van der Waals surface area contributed by atoms with Crippen LogP contribution in [0, 0.1) is 10.1 Å². The second-order valence-corrected chi connectivity index (χ2v) is 5.06. The van der Waals surface area contributed by atoms with Crippen LogP contribution in [-0.2, 0) is 6.42 Å². The van der Waals surface area contributed by atoms with Crippen molar-refractivity contribution in [1.82, 2.24) is 10.6 Å². The molecule has 1 amide bonds. The monoisotopic (exact) mass is 301 g/mol. The predicted octanol–water partition coefficient (Wildman–Crippen LogP) is 1.80. The van der Waals surface area contributed by atoms with E-state index in [9.17, 15) is 14.9 Å². The van der Waals surface area contributed by atoms with Crippen LogP contribution in [0.25, 0.3) is 0 Å². The maximum absolute atomic E-state index is 12.0. The standard InChI is InChI=1S/C15H15N3O4/c19-15(13-5-6-14(22-13)18(20)21)17-9-12-11-4-2-1-3-10(11)7-8-16-12/h1-6,12,16H,7-9H2,(H,17,19). The highest BCUT2D eigenvalue weighted by Crippen LogP contribution is 2.22. The fraction of sp³-hybridized carbons (Fsp3) is 0.267. The fourth-order valence-corrected chi connectivity index (χ4v) is 2.60. The van der Waals surface area contributed by atoms with Gasteiger partial charge in [0.15, 0.2) is 5.76 Å². The summed E-state index contributed by atoms with van der Waals surface area (Å²) in [6.45, 7) is 1.24. The molecule has 22 heavy (non-hydrogen) atoms. The Labute approximate surface area is 126 Å². The molecule has 0 aliphatic carbocycles. The van der Waals surface area contributed by atoms with E-state index in [0.717, 1.165) is 13.0 Å². The lowest BCUT2D eigenvalue weighted by molar-refractivity contribution is -0.402. The topological polar surface area (TPSA) is 97.4 Å². The molecule has 0 spiro atoms. The van der Waals surface area contributed by atoms with Gasteiger partial charge in [-0.1, -0.05) is 24.3 Å². The van der Waals surface area contributed by atoms with Crippen LogP contribution in [0.5, 0.6) is 0 Å². The Kier molecular flexibility index (Phi) is 3.88. The van der Waals surface area contributed by atoms with Gasteiger partial charge >= 0.3 is 5.88 Å². The highest BCUT2D eigenvalue weighted by molar-refractivity contribution is 5.91. The second-order valence-electron chi connectivity index (χ2n) is 5.06. The van der Waals surface area contributed by atoms with Crippen LogP contribution in [0.15, 0.2) is 40.8 Å². The van der Waals surface area contributed by atoms with E-state index < -0.39 is 16.7 Å².